The Bertz CT molecular complexity index is 193. The zero-order valence-electron chi connectivity index (χ0n) is 10.7. The van der Waals surface area contributed by atoms with Crippen LogP contribution in [0.4, 0.5) is 0 Å². The van der Waals surface area contributed by atoms with Gasteiger partial charge in [-0.2, -0.15) is 0 Å². The van der Waals surface area contributed by atoms with Crippen molar-refractivity contribution in [2.75, 3.05) is 13.1 Å². The monoisotopic (exact) mass is 230 g/mol. The zero-order valence-corrected chi connectivity index (χ0v) is 10.7. The number of aliphatic hydroxyl groups excluding tert-OH is 1. The van der Waals surface area contributed by atoms with Crippen LogP contribution in [-0.2, 0) is 4.79 Å². The van der Waals surface area contributed by atoms with Crippen molar-refractivity contribution in [1.29, 1.82) is 0 Å². The van der Waals surface area contributed by atoms with Crippen molar-refractivity contribution < 1.29 is 9.90 Å². The Hall–Kier alpha value is -0.610. The summed E-state index contributed by atoms with van der Waals surface area (Å²) < 4.78 is 0. The third-order valence-corrected chi connectivity index (χ3v) is 3.04. The van der Waals surface area contributed by atoms with Crippen LogP contribution in [0.2, 0.25) is 0 Å². The average Bonchev–Trinajstić information content (AvgIpc) is 2.27. The van der Waals surface area contributed by atoms with E-state index in [0.29, 0.717) is 19.5 Å². The molecular formula is C12H26N2O2. The molecule has 0 saturated carbocycles. The van der Waals surface area contributed by atoms with Crippen LogP contribution in [0.15, 0.2) is 0 Å². The molecule has 2 unspecified atom stereocenters. The van der Waals surface area contributed by atoms with E-state index in [1.807, 2.05) is 6.92 Å². The molecule has 2 atom stereocenters. The molecule has 16 heavy (non-hydrogen) atoms. The van der Waals surface area contributed by atoms with E-state index in [-0.39, 0.29) is 17.7 Å². The maximum Gasteiger partial charge on any atom is 0.220 e. The fourth-order valence-electron chi connectivity index (χ4n) is 1.69. The standard InChI is InChI=1S/C12H26N2O2/c1-4-10(5-2)11(15)8-14-12(16)6-9(3)7-13/h9-11,15H,4-8,13H2,1-3H3,(H,14,16). The number of amides is 1. The molecule has 0 heterocycles. The topological polar surface area (TPSA) is 75.3 Å². The van der Waals surface area contributed by atoms with E-state index >= 15 is 0 Å². The predicted octanol–water partition coefficient (Wildman–Crippen LogP) is 0.885. The summed E-state index contributed by atoms with van der Waals surface area (Å²) in [7, 11) is 0. The van der Waals surface area contributed by atoms with E-state index in [9.17, 15) is 9.90 Å². The van der Waals surface area contributed by atoms with E-state index in [1.165, 1.54) is 0 Å². The summed E-state index contributed by atoms with van der Waals surface area (Å²) in [5, 5.41) is 12.6. The lowest BCUT2D eigenvalue weighted by Crippen LogP contribution is -2.37. The Balaban J connectivity index is 3.82. The van der Waals surface area contributed by atoms with Gasteiger partial charge in [0.2, 0.25) is 5.91 Å². The summed E-state index contributed by atoms with van der Waals surface area (Å²) in [5.41, 5.74) is 5.44. The van der Waals surface area contributed by atoms with E-state index in [4.69, 9.17) is 5.73 Å². The smallest absolute Gasteiger partial charge is 0.220 e. The Labute approximate surface area is 98.6 Å². The van der Waals surface area contributed by atoms with Crippen LogP contribution in [0.5, 0.6) is 0 Å². The number of carbonyl (C=O) groups excluding carboxylic acids is 1. The minimum absolute atomic E-state index is 0.0250. The zero-order chi connectivity index (χ0) is 12.6. The molecule has 0 aliphatic heterocycles. The second-order valence-corrected chi connectivity index (χ2v) is 4.49. The average molecular weight is 230 g/mol. The molecule has 0 bridgehead atoms. The first-order valence-corrected chi connectivity index (χ1v) is 6.19. The van der Waals surface area contributed by atoms with Gasteiger partial charge in [-0.15, -0.1) is 0 Å². The van der Waals surface area contributed by atoms with E-state index in [0.717, 1.165) is 12.8 Å². The first kappa shape index (κ1) is 15.4. The van der Waals surface area contributed by atoms with Crippen LogP contribution in [0, 0.1) is 11.8 Å². The van der Waals surface area contributed by atoms with Crippen LogP contribution >= 0.6 is 0 Å². The van der Waals surface area contributed by atoms with Gasteiger partial charge < -0.3 is 16.2 Å². The first-order chi connectivity index (χ1) is 7.54. The third-order valence-electron chi connectivity index (χ3n) is 3.04. The molecule has 4 heteroatoms. The van der Waals surface area contributed by atoms with Gasteiger partial charge in [0.25, 0.3) is 0 Å². The molecule has 1 amide bonds. The molecule has 0 aliphatic rings. The molecule has 0 fully saturated rings. The quantitative estimate of drug-likeness (QED) is 0.579. The molecule has 0 spiro atoms. The molecule has 0 saturated heterocycles. The van der Waals surface area contributed by atoms with Crippen LogP contribution in [-0.4, -0.2) is 30.2 Å². The van der Waals surface area contributed by atoms with Gasteiger partial charge >= 0.3 is 0 Å². The van der Waals surface area contributed by atoms with Gasteiger partial charge in [-0.1, -0.05) is 33.6 Å². The summed E-state index contributed by atoms with van der Waals surface area (Å²) in [6, 6.07) is 0. The van der Waals surface area contributed by atoms with Crippen LogP contribution in [0.25, 0.3) is 0 Å². The summed E-state index contributed by atoms with van der Waals surface area (Å²) in [6.45, 7) is 6.91. The molecule has 96 valence electrons. The van der Waals surface area contributed by atoms with Gasteiger partial charge in [0, 0.05) is 13.0 Å². The Morgan fingerprint density at radius 3 is 2.38 bits per heavy atom. The molecule has 4 N–H and O–H groups in total. The maximum atomic E-state index is 11.4. The second-order valence-electron chi connectivity index (χ2n) is 4.49. The lowest BCUT2D eigenvalue weighted by Gasteiger charge is -2.20. The number of aliphatic hydroxyl groups is 1. The molecule has 0 aromatic carbocycles. The molecule has 0 radical (unpaired) electrons. The fourth-order valence-corrected chi connectivity index (χ4v) is 1.69. The van der Waals surface area contributed by atoms with Gasteiger partial charge in [0.1, 0.15) is 0 Å². The number of carbonyl (C=O) groups is 1. The lowest BCUT2D eigenvalue weighted by molar-refractivity contribution is -0.122. The summed E-state index contributed by atoms with van der Waals surface area (Å²) in [6.07, 6.45) is 1.87. The highest BCUT2D eigenvalue weighted by molar-refractivity contribution is 5.76. The summed E-state index contributed by atoms with van der Waals surface area (Å²) in [5.74, 6) is 0.445. The van der Waals surface area contributed by atoms with Gasteiger partial charge in [-0.3, -0.25) is 4.79 Å². The predicted molar refractivity (Wildman–Crippen MR) is 65.9 cm³/mol. The highest BCUT2D eigenvalue weighted by Crippen LogP contribution is 2.12. The van der Waals surface area contributed by atoms with Crippen molar-refractivity contribution in [2.24, 2.45) is 17.6 Å². The van der Waals surface area contributed by atoms with Gasteiger partial charge in [-0.25, -0.2) is 0 Å². The molecule has 0 aromatic heterocycles. The van der Waals surface area contributed by atoms with E-state index < -0.39 is 6.10 Å². The Morgan fingerprint density at radius 1 is 1.38 bits per heavy atom. The van der Waals surface area contributed by atoms with Crippen LogP contribution in [0.3, 0.4) is 0 Å². The minimum atomic E-state index is -0.438. The van der Waals surface area contributed by atoms with Crippen molar-refractivity contribution in [1.82, 2.24) is 5.32 Å². The molecular weight excluding hydrogens is 204 g/mol. The van der Waals surface area contributed by atoms with Crippen LogP contribution < -0.4 is 11.1 Å². The number of nitrogens with one attached hydrogen (secondary N) is 1. The number of rotatable bonds is 8. The van der Waals surface area contributed by atoms with Crippen molar-refractivity contribution in [2.45, 2.75) is 46.1 Å². The lowest BCUT2D eigenvalue weighted by atomic mass is 9.96. The number of hydrogen-bond acceptors (Lipinski definition) is 3. The third kappa shape index (κ3) is 6.08. The Morgan fingerprint density at radius 2 is 1.94 bits per heavy atom. The normalized spacial score (nSPS) is 14.9. The summed E-state index contributed by atoms with van der Waals surface area (Å²) >= 11 is 0. The van der Waals surface area contributed by atoms with E-state index in [1.54, 1.807) is 0 Å². The van der Waals surface area contributed by atoms with Gasteiger partial charge in [0.15, 0.2) is 0 Å². The summed E-state index contributed by atoms with van der Waals surface area (Å²) in [4.78, 5) is 11.4. The van der Waals surface area contributed by atoms with Gasteiger partial charge in [-0.05, 0) is 18.4 Å². The SMILES string of the molecule is CCC(CC)C(O)CNC(=O)CC(C)CN. The second kappa shape index (κ2) is 8.53. The number of nitrogens with two attached hydrogens (primary N) is 1. The van der Waals surface area contributed by atoms with E-state index in [2.05, 4.69) is 19.2 Å². The van der Waals surface area contributed by atoms with Crippen molar-refractivity contribution in [3.63, 3.8) is 0 Å². The molecule has 4 nitrogen and oxygen atoms in total. The van der Waals surface area contributed by atoms with Gasteiger partial charge in [0.05, 0.1) is 6.10 Å². The molecule has 0 aliphatic carbocycles. The van der Waals surface area contributed by atoms with Crippen LogP contribution in [0.1, 0.15) is 40.0 Å². The Kier molecular flexibility index (Phi) is 8.21. The van der Waals surface area contributed by atoms with Crippen molar-refractivity contribution in [3.05, 3.63) is 0 Å². The van der Waals surface area contributed by atoms with Crippen molar-refractivity contribution >= 4 is 5.91 Å². The van der Waals surface area contributed by atoms with Crippen molar-refractivity contribution in [3.8, 4) is 0 Å². The largest absolute Gasteiger partial charge is 0.391 e. The first-order valence-electron chi connectivity index (χ1n) is 6.19. The molecule has 0 rings (SSSR count). The molecule has 0 aromatic rings. The maximum absolute atomic E-state index is 11.4. The highest BCUT2D eigenvalue weighted by Gasteiger charge is 2.16. The highest BCUT2D eigenvalue weighted by atomic mass is 16.3. The number of hydrogen-bond donors (Lipinski definition) is 3. The fraction of sp³-hybridized carbons (Fsp3) is 0.917. The minimum Gasteiger partial charge on any atom is -0.391 e.